The quantitative estimate of drug-likeness (QED) is 0.690. The van der Waals surface area contributed by atoms with E-state index >= 15 is 0 Å². The number of hydrogen-bond acceptors (Lipinski definition) is 3. The highest BCUT2D eigenvalue weighted by Gasteiger charge is 2.22. The molecule has 0 fully saturated rings. The maximum absolute atomic E-state index is 13.4. The Morgan fingerprint density at radius 3 is 2.54 bits per heavy atom. The number of benzene rings is 2. The smallest absolute Gasteiger partial charge is 0.241 e. The third-order valence-electron chi connectivity index (χ3n) is 4.14. The molecule has 1 aromatic heterocycles. The van der Waals surface area contributed by atoms with E-state index in [9.17, 15) is 17.6 Å². The molecule has 0 aliphatic heterocycles. The highest BCUT2D eigenvalue weighted by Crippen LogP contribution is 2.28. The van der Waals surface area contributed by atoms with Crippen LogP contribution in [0.3, 0.4) is 0 Å². The molecule has 0 saturated carbocycles. The van der Waals surface area contributed by atoms with Crippen molar-refractivity contribution in [2.75, 3.05) is 14.1 Å². The fourth-order valence-corrected chi connectivity index (χ4v) is 4.37. The normalized spacial score (nSPS) is 11.7. The van der Waals surface area contributed by atoms with E-state index in [1.54, 1.807) is 49.0 Å². The van der Waals surface area contributed by atoms with Gasteiger partial charge in [0.05, 0.1) is 10.6 Å². The Balaban J connectivity index is 2.05. The SMILES string of the molecule is CN(C)C(=O)Cn1cc(S(=O)(=O)Cc2cccc(F)c2)c2ccccc21. The number of rotatable bonds is 5. The molecule has 0 saturated heterocycles. The van der Waals surface area contributed by atoms with Gasteiger partial charge in [0, 0.05) is 31.2 Å². The summed E-state index contributed by atoms with van der Waals surface area (Å²) in [6.07, 6.45) is 1.49. The van der Waals surface area contributed by atoms with Gasteiger partial charge in [-0.05, 0) is 23.8 Å². The Labute approximate surface area is 151 Å². The molecule has 3 aromatic rings. The third-order valence-corrected chi connectivity index (χ3v) is 5.85. The van der Waals surface area contributed by atoms with Crippen LogP contribution in [0.4, 0.5) is 4.39 Å². The Bertz CT molecular complexity index is 1070. The third kappa shape index (κ3) is 3.62. The number of fused-ring (bicyclic) bond motifs is 1. The summed E-state index contributed by atoms with van der Waals surface area (Å²) < 4.78 is 40.9. The van der Waals surface area contributed by atoms with Crippen LogP contribution >= 0.6 is 0 Å². The van der Waals surface area contributed by atoms with E-state index in [1.165, 1.54) is 29.3 Å². The minimum atomic E-state index is -3.70. The van der Waals surface area contributed by atoms with Crippen LogP contribution in [0.1, 0.15) is 5.56 Å². The second-order valence-electron chi connectivity index (χ2n) is 6.32. The van der Waals surface area contributed by atoms with Gasteiger partial charge in [0.2, 0.25) is 5.91 Å². The number of nitrogens with zero attached hydrogens (tertiary/aromatic N) is 2. The molecule has 7 heteroatoms. The van der Waals surface area contributed by atoms with Gasteiger partial charge in [-0.1, -0.05) is 30.3 Å². The zero-order valence-corrected chi connectivity index (χ0v) is 15.3. The van der Waals surface area contributed by atoms with Gasteiger partial charge in [-0.3, -0.25) is 4.79 Å². The van der Waals surface area contributed by atoms with Crippen molar-refractivity contribution in [2.45, 2.75) is 17.2 Å². The number of para-hydroxylation sites is 1. The zero-order valence-electron chi connectivity index (χ0n) is 14.5. The molecule has 0 unspecified atom stereocenters. The average molecular weight is 374 g/mol. The number of sulfone groups is 1. The van der Waals surface area contributed by atoms with Crippen LogP contribution in [-0.4, -0.2) is 37.9 Å². The molecule has 0 atom stereocenters. The van der Waals surface area contributed by atoms with Crippen LogP contribution in [0, 0.1) is 5.82 Å². The van der Waals surface area contributed by atoms with Gasteiger partial charge in [-0.15, -0.1) is 0 Å². The largest absolute Gasteiger partial charge is 0.347 e. The molecule has 1 amide bonds. The summed E-state index contributed by atoms with van der Waals surface area (Å²) in [4.78, 5) is 13.7. The van der Waals surface area contributed by atoms with Crippen LogP contribution < -0.4 is 0 Å². The predicted molar refractivity (Wildman–Crippen MR) is 97.9 cm³/mol. The van der Waals surface area contributed by atoms with Gasteiger partial charge in [-0.25, -0.2) is 12.8 Å². The van der Waals surface area contributed by atoms with E-state index in [-0.39, 0.29) is 23.1 Å². The summed E-state index contributed by atoms with van der Waals surface area (Å²) in [5.41, 5.74) is 1.05. The molecule has 2 aromatic carbocycles. The van der Waals surface area contributed by atoms with Crippen molar-refractivity contribution in [3.05, 3.63) is 66.1 Å². The van der Waals surface area contributed by atoms with Crippen molar-refractivity contribution in [1.82, 2.24) is 9.47 Å². The van der Waals surface area contributed by atoms with Crippen LogP contribution in [0.15, 0.2) is 59.6 Å². The van der Waals surface area contributed by atoms with Gasteiger partial charge in [0.25, 0.3) is 0 Å². The molecule has 0 radical (unpaired) electrons. The number of aromatic nitrogens is 1. The maximum Gasteiger partial charge on any atom is 0.241 e. The lowest BCUT2D eigenvalue weighted by Crippen LogP contribution is -2.25. The Hall–Kier alpha value is -2.67. The zero-order chi connectivity index (χ0) is 18.9. The number of halogens is 1. The molecule has 0 aliphatic rings. The second-order valence-corrected chi connectivity index (χ2v) is 8.27. The summed E-state index contributed by atoms with van der Waals surface area (Å²) in [6, 6.07) is 12.6. The highest BCUT2D eigenvalue weighted by molar-refractivity contribution is 7.90. The summed E-state index contributed by atoms with van der Waals surface area (Å²) in [6.45, 7) is 0.0446. The van der Waals surface area contributed by atoms with Crippen LogP contribution in [-0.2, 0) is 26.9 Å². The Morgan fingerprint density at radius 2 is 1.85 bits per heavy atom. The van der Waals surface area contributed by atoms with Gasteiger partial charge < -0.3 is 9.47 Å². The van der Waals surface area contributed by atoms with Crippen molar-refractivity contribution < 1.29 is 17.6 Å². The fraction of sp³-hybridized carbons (Fsp3) is 0.211. The number of amides is 1. The van der Waals surface area contributed by atoms with Crippen LogP contribution in [0.2, 0.25) is 0 Å². The minimum Gasteiger partial charge on any atom is -0.347 e. The van der Waals surface area contributed by atoms with Crippen molar-refractivity contribution in [2.24, 2.45) is 0 Å². The van der Waals surface area contributed by atoms with E-state index in [0.29, 0.717) is 16.5 Å². The van der Waals surface area contributed by atoms with Crippen molar-refractivity contribution in [1.29, 1.82) is 0 Å². The molecule has 0 spiro atoms. The molecule has 0 aliphatic carbocycles. The number of carbonyl (C=O) groups excluding carboxylic acids is 1. The lowest BCUT2D eigenvalue weighted by Gasteiger charge is -2.11. The van der Waals surface area contributed by atoms with E-state index < -0.39 is 15.7 Å². The van der Waals surface area contributed by atoms with Crippen molar-refractivity contribution in [3.63, 3.8) is 0 Å². The maximum atomic E-state index is 13.4. The molecular formula is C19H19FN2O3S. The highest BCUT2D eigenvalue weighted by atomic mass is 32.2. The van der Waals surface area contributed by atoms with Gasteiger partial charge in [-0.2, -0.15) is 0 Å². The van der Waals surface area contributed by atoms with E-state index in [0.717, 1.165) is 0 Å². The molecule has 26 heavy (non-hydrogen) atoms. The second kappa shape index (κ2) is 6.92. The first-order chi connectivity index (χ1) is 12.3. The average Bonchev–Trinajstić information content (AvgIpc) is 2.94. The minimum absolute atomic E-state index is 0.0446. The first-order valence-corrected chi connectivity index (χ1v) is 9.68. The Morgan fingerprint density at radius 1 is 1.12 bits per heavy atom. The monoisotopic (exact) mass is 374 g/mol. The summed E-state index contributed by atoms with van der Waals surface area (Å²) in [5.74, 6) is -0.919. The van der Waals surface area contributed by atoms with Gasteiger partial charge in [0.15, 0.2) is 9.84 Å². The Kier molecular flexibility index (Phi) is 4.82. The number of hydrogen-bond donors (Lipinski definition) is 0. The lowest BCUT2D eigenvalue weighted by molar-refractivity contribution is -0.129. The van der Waals surface area contributed by atoms with Crippen molar-refractivity contribution in [3.8, 4) is 0 Å². The summed E-state index contributed by atoms with van der Waals surface area (Å²) in [7, 11) is -0.407. The van der Waals surface area contributed by atoms with E-state index in [1.807, 2.05) is 0 Å². The van der Waals surface area contributed by atoms with Crippen LogP contribution in [0.25, 0.3) is 10.9 Å². The first-order valence-electron chi connectivity index (χ1n) is 8.03. The summed E-state index contributed by atoms with van der Waals surface area (Å²) >= 11 is 0. The molecule has 1 heterocycles. The molecule has 3 rings (SSSR count). The fourth-order valence-electron chi connectivity index (χ4n) is 2.80. The summed E-state index contributed by atoms with van der Waals surface area (Å²) in [5, 5.41) is 0.551. The molecule has 5 nitrogen and oxygen atoms in total. The first kappa shape index (κ1) is 18.1. The predicted octanol–water partition coefficient (Wildman–Crippen LogP) is 2.84. The molecule has 0 N–H and O–H groups in total. The van der Waals surface area contributed by atoms with Crippen molar-refractivity contribution >= 4 is 26.6 Å². The van der Waals surface area contributed by atoms with Crippen LogP contribution in [0.5, 0.6) is 0 Å². The molecular weight excluding hydrogens is 355 g/mol. The molecule has 136 valence electrons. The lowest BCUT2D eigenvalue weighted by atomic mass is 10.2. The number of likely N-dealkylation sites (N-methyl/N-ethyl adjacent to an activating group) is 1. The van der Waals surface area contributed by atoms with Gasteiger partial charge in [0.1, 0.15) is 12.4 Å². The standard InChI is InChI=1S/C19H19FN2O3S/c1-21(2)19(23)12-22-11-18(16-8-3-4-9-17(16)22)26(24,25)13-14-6-5-7-15(20)10-14/h3-11H,12-13H2,1-2H3. The number of carbonyl (C=O) groups is 1. The van der Waals surface area contributed by atoms with E-state index in [4.69, 9.17) is 0 Å². The molecule has 0 bridgehead atoms. The topological polar surface area (TPSA) is 59.4 Å². The van der Waals surface area contributed by atoms with E-state index in [2.05, 4.69) is 0 Å². The van der Waals surface area contributed by atoms with Gasteiger partial charge >= 0.3 is 0 Å².